The Hall–Kier alpha value is -1.31. The molecule has 0 saturated carbocycles. The van der Waals surface area contributed by atoms with Crippen molar-refractivity contribution in [3.05, 3.63) is 33.8 Å². The van der Waals surface area contributed by atoms with Gasteiger partial charge in [0.2, 0.25) is 0 Å². The largest absolute Gasteiger partial charge is 0.452 e. The van der Waals surface area contributed by atoms with E-state index >= 15 is 0 Å². The Bertz CT molecular complexity index is 684. The normalized spacial score (nSPS) is 19.6. The topological polar surface area (TPSA) is 89.5 Å². The highest BCUT2D eigenvalue weighted by molar-refractivity contribution is 7.91. The molecule has 1 aromatic carbocycles. The first-order chi connectivity index (χ1) is 10.3. The van der Waals surface area contributed by atoms with Gasteiger partial charge in [-0.1, -0.05) is 29.3 Å². The highest BCUT2D eigenvalue weighted by atomic mass is 35.5. The molecule has 6 nitrogen and oxygen atoms in total. The van der Waals surface area contributed by atoms with Crippen molar-refractivity contribution in [2.24, 2.45) is 0 Å². The van der Waals surface area contributed by atoms with E-state index < -0.39 is 34.4 Å². The van der Waals surface area contributed by atoms with Crippen molar-refractivity contribution in [1.82, 2.24) is 5.32 Å². The van der Waals surface area contributed by atoms with Crippen LogP contribution in [0.2, 0.25) is 10.0 Å². The molecule has 1 saturated heterocycles. The average molecular weight is 366 g/mol. The summed E-state index contributed by atoms with van der Waals surface area (Å²) >= 11 is 11.7. The fourth-order valence-electron chi connectivity index (χ4n) is 2.07. The molecule has 2 rings (SSSR count). The van der Waals surface area contributed by atoms with Crippen LogP contribution in [0.5, 0.6) is 0 Å². The molecule has 1 aliphatic rings. The molecule has 22 heavy (non-hydrogen) atoms. The minimum Gasteiger partial charge on any atom is -0.452 e. The van der Waals surface area contributed by atoms with Crippen molar-refractivity contribution in [3.8, 4) is 0 Å². The summed E-state index contributed by atoms with van der Waals surface area (Å²) < 4.78 is 27.4. The Morgan fingerprint density at radius 2 is 1.91 bits per heavy atom. The maximum atomic E-state index is 11.9. The third kappa shape index (κ3) is 4.34. The lowest BCUT2D eigenvalue weighted by molar-refractivity contribution is -0.124. The molecule has 1 aliphatic heterocycles. The number of hydrogen-bond acceptors (Lipinski definition) is 5. The van der Waals surface area contributed by atoms with Gasteiger partial charge in [-0.25, -0.2) is 13.2 Å². The molecule has 1 N–H and O–H groups in total. The number of rotatable bonds is 4. The zero-order valence-corrected chi connectivity index (χ0v) is 13.7. The lowest BCUT2D eigenvalue weighted by atomic mass is 10.2. The van der Waals surface area contributed by atoms with Gasteiger partial charge in [-0.15, -0.1) is 0 Å². The molecule has 120 valence electrons. The zero-order valence-electron chi connectivity index (χ0n) is 11.3. The van der Waals surface area contributed by atoms with Crippen LogP contribution in [0.15, 0.2) is 18.2 Å². The van der Waals surface area contributed by atoms with Gasteiger partial charge in [-0.3, -0.25) is 4.79 Å². The summed E-state index contributed by atoms with van der Waals surface area (Å²) in [5, 5.41) is 2.76. The van der Waals surface area contributed by atoms with Gasteiger partial charge in [0.25, 0.3) is 5.91 Å². The molecule has 1 heterocycles. The summed E-state index contributed by atoms with van der Waals surface area (Å²) in [5.74, 6) is -1.43. The molecule has 1 atom stereocenters. The van der Waals surface area contributed by atoms with Gasteiger partial charge in [-0.2, -0.15) is 0 Å². The van der Waals surface area contributed by atoms with E-state index in [1.807, 2.05) is 0 Å². The maximum absolute atomic E-state index is 11.9. The van der Waals surface area contributed by atoms with Crippen LogP contribution in [-0.2, 0) is 19.4 Å². The molecule has 0 aromatic heterocycles. The second-order valence-electron chi connectivity index (χ2n) is 4.84. The van der Waals surface area contributed by atoms with Crippen molar-refractivity contribution in [2.45, 2.75) is 12.5 Å². The number of hydrogen-bond donors (Lipinski definition) is 1. The van der Waals surface area contributed by atoms with Crippen LogP contribution in [0.1, 0.15) is 16.8 Å². The Kier molecular flexibility index (Phi) is 5.31. The first-order valence-corrected chi connectivity index (χ1v) is 8.97. The van der Waals surface area contributed by atoms with Gasteiger partial charge in [0.05, 0.1) is 27.1 Å². The second kappa shape index (κ2) is 6.85. The molecule has 0 spiro atoms. The van der Waals surface area contributed by atoms with Crippen molar-refractivity contribution < 1.29 is 22.7 Å². The quantitative estimate of drug-likeness (QED) is 0.815. The molecule has 1 amide bonds. The van der Waals surface area contributed by atoms with Gasteiger partial charge in [0.15, 0.2) is 16.4 Å². The third-order valence-electron chi connectivity index (χ3n) is 3.10. The van der Waals surface area contributed by atoms with Gasteiger partial charge < -0.3 is 10.1 Å². The number of amides is 1. The van der Waals surface area contributed by atoms with E-state index in [2.05, 4.69) is 5.32 Å². The molecule has 9 heteroatoms. The van der Waals surface area contributed by atoms with E-state index in [0.717, 1.165) is 0 Å². The number of esters is 1. The molecule has 0 bridgehead atoms. The van der Waals surface area contributed by atoms with Crippen molar-refractivity contribution >= 4 is 44.9 Å². The van der Waals surface area contributed by atoms with Crippen LogP contribution < -0.4 is 5.32 Å². The third-order valence-corrected chi connectivity index (χ3v) is 5.50. The number of benzene rings is 1. The Morgan fingerprint density at radius 1 is 1.27 bits per heavy atom. The molecule has 1 aromatic rings. The van der Waals surface area contributed by atoms with Gasteiger partial charge in [0.1, 0.15) is 0 Å². The van der Waals surface area contributed by atoms with Crippen molar-refractivity contribution in [3.63, 3.8) is 0 Å². The van der Waals surface area contributed by atoms with Crippen LogP contribution >= 0.6 is 23.2 Å². The fraction of sp³-hybridized carbons (Fsp3) is 0.385. The molecule has 0 radical (unpaired) electrons. The van der Waals surface area contributed by atoms with Crippen LogP contribution in [0, 0.1) is 0 Å². The smallest absolute Gasteiger partial charge is 0.341 e. The van der Waals surface area contributed by atoms with E-state index in [1.54, 1.807) is 6.07 Å². The molecule has 0 aliphatic carbocycles. The summed E-state index contributed by atoms with van der Waals surface area (Å²) in [6.45, 7) is -0.531. The first-order valence-electron chi connectivity index (χ1n) is 6.39. The van der Waals surface area contributed by atoms with Crippen LogP contribution in [0.25, 0.3) is 0 Å². The summed E-state index contributed by atoms with van der Waals surface area (Å²) in [7, 11) is -3.08. The van der Waals surface area contributed by atoms with E-state index in [9.17, 15) is 18.0 Å². The molecular weight excluding hydrogens is 353 g/mol. The Morgan fingerprint density at radius 3 is 2.45 bits per heavy atom. The average Bonchev–Trinajstić information content (AvgIpc) is 2.75. The van der Waals surface area contributed by atoms with Crippen LogP contribution in [0.3, 0.4) is 0 Å². The maximum Gasteiger partial charge on any atom is 0.341 e. The number of ether oxygens (including phenoxy) is 1. The lowest BCUT2D eigenvalue weighted by Crippen LogP contribution is -2.38. The minimum atomic E-state index is -3.08. The first kappa shape index (κ1) is 17.1. The highest BCUT2D eigenvalue weighted by Crippen LogP contribution is 2.24. The summed E-state index contributed by atoms with van der Waals surface area (Å²) in [6.07, 6.45) is 0.359. The zero-order chi connectivity index (χ0) is 16.3. The fourth-order valence-corrected chi connectivity index (χ4v) is 4.30. The van der Waals surface area contributed by atoms with Gasteiger partial charge in [0, 0.05) is 6.04 Å². The van der Waals surface area contributed by atoms with Gasteiger partial charge >= 0.3 is 5.97 Å². The van der Waals surface area contributed by atoms with Crippen LogP contribution in [-0.4, -0.2) is 44.4 Å². The molecule has 0 unspecified atom stereocenters. The van der Waals surface area contributed by atoms with Crippen LogP contribution in [0.4, 0.5) is 0 Å². The van der Waals surface area contributed by atoms with Crippen molar-refractivity contribution in [2.75, 3.05) is 18.1 Å². The van der Waals surface area contributed by atoms with E-state index in [0.29, 0.717) is 6.42 Å². The minimum absolute atomic E-state index is 0.0120. The van der Waals surface area contributed by atoms with E-state index in [-0.39, 0.29) is 27.1 Å². The SMILES string of the molecule is O=C(COC(=O)c1c(Cl)cccc1Cl)N[C@H]1CCS(=O)(=O)C1. The van der Waals surface area contributed by atoms with E-state index in [4.69, 9.17) is 27.9 Å². The van der Waals surface area contributed by atoms with E-state index in [1.165, 1.54) is 12.1 Å². The lowest BCUT2D eigenvalue weighted by Gasteiger charge is -2.11. The summed E-state index contributed by atoms with van der Waals surface area (Å²) in [6, 6.07) is 4.09. The number of carbonyl (C=O) groups excluding carboxylic acids is 2. The number of sulfone groups is 1. The number of nitrogens with one attached hydrogen (secondary N) is 1. The van der Waals surface area contributed by atoms with Crippen molar-refractivity contribution in [1.29, 1.82) is 0 Å². The highest BCUT2D eigenvalue weighted by Gasteiger charge is 2.29. The standard InChI is InChI=1S/C13H13Cl2NO5S/c14-9-2-1-3-10(15)12(9)13(18)21-6-11(17)16-8-4-5-22(19,20)7-8/h1-3,8H,4-7H2,(H,16,17)/t8-/m0/s1. The second-order valence-corrected chi connectivity index (χ2v) is 7.88. The number of carbonyl (C=O) groups is 2. The Labute approximate surface area is 137 Å². The summed E-state index contributed by atoms with van der Waals surface area (Å²) in [4.78, 5) is 23.5. The predicted octanol–water partition coefficient (Wildman–Crippen LogP) is 1.45. The number of halogens is 2. The van der Waals surface area contributed by atoms with Gasteiger partial charge in [-0.05, 0) is 18.6 Å². The monoisotopic (exact) mass is 365 g/mol. The summed E-state index contributed by atoms with van der Waals surface area (Å²) in [5.41, 5.74) is -0.0120. The molecular formula is C13H13Cl2NO5S. The molecule has 1 fully saturated rings. The Balaban J connectivity index is 1.88. The predicted molar refractivity (Wildman–Crippen MR) is 81.9 cm³/mol.